The minimum atomic E-state index is -3.93. The zero-order chi connectivity index (χ0) is 21.0. The monoisotopic (exact) mass is 408 g/mol. The molecule has 0 unspecified atom stereocenters. The predicted octanol–water partition coefficient (Wildman–Crippen LogP) is 3.79. The van der Waals surface area contributed by atoms with Crippen LogP contribution < -0.4 is 5.14 Å². The Morgan fingerprint density at radius 3 is 1.79 bits per heavy atom. The number of nitrogens with zero attached hydrogens (tertiary/aromatic N) is 1. The highest BCUT2D eigenvalue weighted by Crippen LogP contribution is 2.22. The Morgan fingerprint density at radius 1 is 0.862 bits per heavy atom. The number of rotatable bonds is 6. The lowest BCUT2D eigenvalue weighted by Crippen LogP contribution is -2.30. The van der Waals surface area contributed by atoms with E-state index in [4.69, 9.17) is 5.14 Å². The normalized spacial score (nSPS) is 11.3. The summed E-state index contributed by atoms with van der Waals surface area (Å²) >= 11 is 0. The third kappa shape index (κ3) is 5.10. The van der Waals surface area contributed by atoms with Gasteiger partial charge in [0.15, 0.2) is 0 Å². The molecule has 0 aliphatic heterocycles. The average Bonchev–Trinajstić information content (AvgIpc) is 2.69. The maximum atomic E-state index is 13.4. The summed E-state index contributed by atoms with van der Waals surface area (Å²) in [6.45, 7) is 4.28. The van der Waals surface area contributed by atoms with Crippen molar-refractivity contribution in [1.29, 1.82) is 0 Å². The molecule has 150 valence electrons. The number of carbonyl (C=O) groups is 1. The molecule has 29 heavy (non-hydrogen) atoms. The van der Waals surface area contributed by atoms with Crippen LogP contribution in [0.15, 0.2) is 77.7 Å². The van der Waals surface area contributed by atoms with Gasteiger partial charge in [-0.25, -0.2) is 13.6 Å². The largest absolute Gasteiger partial charge is 0.330 e. The van der Waals surface area contributed by atoms with Crippen LogP contribution in [0.1, 0.15) is 32.6 Å². The Bertz CT molecular complexity index is 1070. The Balaban J connectivity index is 2.01. The lowest BCUT2D eigenvalue weighted by atomic mass is 10.0. The number of hydrogen-bond donors (Lipinski definition) is 1. The fraction of sp³-hybridized carbons (Fsp3) is 0.174. The van der Waals surface area contributed by atoms with Gasteiger partial charge in [-0.2, -0.15) is 0 Å². The van der Waals surface area contributed by atoms with E-state index in [2.05, 4.69) is 0 Å². The second kappa shape index (κ2) is 8.59. The van der Waals surface area contributed by atoms with Gasteiger partial charge in [0.2, 0.25) is 10.0 Å². The minimum absolute atomic E-state index is 0.0137. The number of nitrogens with two attached hydrogens (primary N) is 1. The molecule has 0 heterocycles. The molecule has 3 aromatic rings. The van der Waals surface area contributed by atoms with Gasteiger partial charge < -0.3 is 4.90 Å². The lowest BCUT2D eigenvalue weighted by Gasteiger charge is -2.24. The highest BCUT2D eigenvalue weighted by Gasteiger charge is 2.21. The SMILES string of the molecule is Cc1cc(C(=O)N(Cc2ccccc2)Cc2ccccc2)cc(S(N)(=O)=O)c1C. The van der Waals surface area contributed by atoms with Gasteiger partial charge in [-0.05, 0) is 48.2 Å². The van der Waals surface area contributed by atoms with Crippen LogP contribution in [-0.4, -0.2) is 19.2 Å². The van der Waals surface area contributed by atoms with E-state index in [0.29, 0.717) is 29.8 Å². The molecular formula is C23H24N2O3S. The van der Waals surface area contributed by atoms with Gasteiger partial charge in [-0.3, -0.25) is 4.79 Å². The molecule has 2 N–H and O–H groups in total. The second-order valence-electron chi connectivity index (χ2n) is 7.09. The molecule has 0 aliphatic carbocycles. The standard InChI is InChI=1S/C23H24N2O3S/c1-17-13-21(14-22(18(17)2)29(24,27)28)23(26)25(15-19-9-5-3-6-10-19)16-20-11-7-4-8-12-20/h3-14H,15-16H2,1-2H3,(H2,24,27,28). The third-order valence-corrected chi connectivity index (χ3v) is 5.93. The van der Waals surface area contributed by atoms with Gasteiger partial charge in [0, 0.05) is 18.7 Å². The molecule has 0 radical (unpaired) electrons. The number of amides is 1. The molecule has 0 saturated heterocycles. The summed E-state index contributed by atoms with van der Waals surface area (Å²) in [4.78, 5) is 15.1. The molecule has 0 atom stereocenters. The minimum Gasteiger partial charge on any atom is -0.330 e. The summed E-state index contributed by atoms with van der Waals surface area (Å²) < 4.78 is 24.0. The van der Waals surface area contributed by atoms with Crippen molar-refractivity contribution in [2.75, 3.05) is 0 Å². The maximum Gasteiger partial charge on any atom is 0.254 e. The maximum absolute atomic E-state index is 13.4. The quantitative estimate of drug-likeness (QED) is 0.674. The number of hydrogen-bond acceptors (Lipinski definition) is 3. The first-order valence-corrected chi connectivity index (χ1v) is 10.8. The van der Waals surface area contributed by atoms with Crippen molar-refractivity contribution in [2.24, 2.45) is 5.14 Å². The van der Waals surface area contributed by atoms with Crippen molar-refractivity contribution in [3.05, 3.63) is 101 Å². The van der Waals surface area contributed by atoms with Gasteiger partial charge in [0.05, 0.1) is 4.90 Å². The summed E-state index contributed by atoms with van der Waals surface area (Å²) in [7, 11) is -3.93. The van der Waals surface area contributed by atoms with Crippen molar-refractivity contribution < 1.29 is 13.2 Å². The number of carbonyl (C=O) groups excluding carboxylic acids is 1. The first-order valence-electron chi connectivity index (χ1n) is 9.27. The first kappa shape index (κ1) is 20.8. The van der Waals surface area contributed by atoms with Crippen LogP contribution in [0.4, 0.5) is 0 Å². The van der Waals surface area contributed by atoms with E-state index in [1.807, 2.05) is 60.7 Å². The van der Waals surface area contributed by atoms with Crippen molar-refractivity contribution in [3.63, 3.8) is 0 Å². The van der Waals surface area contributed by atoms with E-state index in [1.54, 1.807) is 24.8 Å². The van der Waals surface area contributed by atoms with E-state index < -0.39 is 10.0 Å². The predicted molar refractivity (Wildman–Crippen MR) is 114 cm³/mol. The summed E-state index contributed by atoms with van der Waals surface area (Å²) in [5.74, 6) is -0.245. The van der Waals surface area contributed by atoms with Gasteiger partial charge in [-0.1, -0.05) is 60.7 Å². The second-order valence-corrected chi connectivity index (χ2v) is 8.62. The Kier molecular flexibility index (Phi) is 6.15. The Labute approximate surface area is 171 Å². The smallest absolute Gasteiger partial charge is 0.254 e. The van der Waals surface area contributed by atoms with Crippen molar-refractivity contribution in [1.82, 2.24) is 4.90 Å². The van der Waals surface area contributed by atoms with Crippen LogP contribution in [0.3, 0.4) is 0 Å². The zero-order valence-corrected chi connectivity index (χ0v) is 17.3. The third-order valence-electron chi connectivity index (χ3n) is 4.89. The van der Waals surface area contributed by atoms with Crippen LogP contribution in [0.5, 0.6) is 0 Å². The highest BCUT2D eigenvalue weighted by molar-refractivity contribution is 7.89. The number of aryl methyl sites for hydroxylation is 1. The van der Waals surface area contributed by atoms with E-state index in [1.165, 1.54) is 6.07 Å². The highest BCUT2D eigenvalue weighted by atomic mass is 32.2. The molecule has 3 aromatic carbocycles. The van der Waals surface area contributed by atoms with Crippen LogP contribution in [0, 0.1) is 13.8 Å². The molecule has 6 heteroatoms. The van der Waals surface area contributed by atoms with E-state index in [0.717, 1.165) is 11.1 Å². The number of benzene rings is 3. The molecule has 5 nitrogen and oxygen atoms in total. The Morgan fingerprint density at radius 2 is 1.34 bits per heavy atom. The number of primary sulfonamides is 1. The van der Waals surface area contributed by atoms with E-state index in [-0.39, 0.29) is 10.8 Å². The van der Waals surface area contributed by atoms with Crippen molar-refractivity contribution >= 4 is 15.9 Å². The Hall–Kier alpha value is -2.96. The number of sulfonamides is 1. The average molecular weight is 409 g/mol. The van der Waals surface area contributed by atoms with Crippen LogP contribution >= 0.6 is 0 Å². The summed E-state index contributed by atoms with van der Waals surface area (Å²) in [5.41, 5.74) is 3.56. The molecule has 0 spiro atoms. The fourth-order valence-corrected chi connectivity index (χ4v) is 4.11. The summed E-state index contributed by atoms with van der Waals surface area (Å²) in [6, 6.07) is 22.5. The first-order chi connectivity index (χ1) is 13.8. The molecule has 0 aliphatic rings. The zero-order valence-electron chi connectivity index (χ0n) is 16.5. The van der Waals surface area contributed by atoms with Crippen LogP contribution in [0.2, 0.25) is 0 Å². The topological polar surface area (TPSA) is 80.5 Å². The van der Waals surface area contributed by atoms with Crippen LogP contribution in [0.25, 0.3) is 0 Å². The van der Waals surface area contributed by atoms with Crippen molar-refractivity contribution in [3.8, 4) is 0 Å². The van der Waals surface area contributed by atoms with E-state index >= 15 is 0 Å². The molecular weight excluding hydrogens is 384 g/mol. The van der Waals surface area contributed by atoms with Crippen LogP contribution in [-0.2, 0) is 23.1 Å². The van der Waals surface area contributed by atoms with E-state index in [9.17, 15) is 13.2 Å². The molecule has 0 bridgehead atoms. The molecule has 3 rings (SSSR count). The van der Waals surface area contributed by atoms with Gasteiger partial charge in [0.1, 0.15) is 0 Å². The van der Waals surface area contributed by atoms with Crippen molar-refractivity contribution in [2.45, 2.75) is 31.8 Å². The molecule has 0 fully saturated rings. The lowest BCUT2D eigenvalue weighted by molar-refractivity contribution is 0.0729. The fourth-order valence-electron chi connectivity index (χ4n) is 3.24. The summed E-state index contributed by atoms with van der Waals surface area (Å²) in [6.07, 6.45) is 0. The van der Waals surface area contributed by atoms with Gasteiger partial charge in [0.25, 0.3) is 5.91 Å². The van der Waals surface area contributed by atoms with Gasteiger partial charge >= 0.3 is 0 Å². The molecule has 0 saturated carbocycles. The summed E-state index contributed by atoms with van der Waals surface area (Å²) in [5, 5.41) is 5.37. The molecule has 1 amide bonds. The molecule has 0 aromatic heterocycles. The van der Waals surface area contributed by atoms with Gasteiger partial charge in [-0.15, -0.1) is 0 Å².